The fourth-order valence-corrected chi connectivity index (χ4v) is 5.45. The minimum absolute atomic E-state index is 0.0269. The van der Waals surface area contributed by atoms with E-state index in [4.69, 9.17) is 12.2 Å². The van der Waals surface area contributed by atoms with E-state index in [-0.39, 0.29) is 17.5 Å². The second-order valence-corrected chi connectivity index (χ2v) is 10.3. The highest BCUT2D eigenvalue weighted by molar-refractivity contribution is 7.91. The number of thiocarbonyl (C=S) groups is 1. The maximum Gasteiger partial charge on any atom is 0.173 e. The molecule has 0 spiro atoms. The first-order valence-corrected chi connectivity index (χ1v) is 12.1. The second-order valence-electron chi connectivity index (χ2n) is 7.64. The van der Waals surface area contributed by atoms with Gasteiger partial charge in [0.15, 0.2) is 14.9 Å². The number of hydrogen-bond acceptors (Lipinski definition) is 4. The van der Waals surface area contributed by atoms with Crippen LogP contribution in [-0.2, 0) is 16.3 Å². The lowest BCUT2D eigenvalue weighted by Gasteiger charge is -2.31. The van der Waals surface area contributed by atoms with Gasteiger partial charge in [-0.05, 0) is 76.2 Å². The highest BCUT2D eigenvalue weighted by atomic mass is 32.2. The summed E-state index contributed by atoms with van der Waals surface area (Å²) < 4.78 is 23.9. The van der Waals surface area contributed by atoms with E-state index in [1.165, 1.54) is 18.4 Å². The number of benzene rings is 1. The first-order valence-electron chi connectivity index (χ1n) is 9.82. The molecule has 2 rings (SSSR count). The minimum atomic E-state index is -2.94. The molecule has 1 aliphatic heterocycles. The molecular weight excluding hydrogens is 378 g/mol. The molecule has 7 heteroatoms. The van der Waals surface area contributed by atoms with Crippen LogP contribution in [0.15, 0.2) is 24.3 Å². The predicted octanol–water partition coefficient (Wildman–Crippen LogP) is 3.17. The second kappa shape index (κ2) is 10.4. The predicted molar refractivity (Wildman–Crippen MR) is 118 cm³/mol. The zero-order chi connectivity index (χ0) is 19.9. The average molecular weight is 412 g/mol. The Bertz CT molecular complexity index is 702. The van der Waals surface area contributed by atoms with Crippen LogP contribution in [0.3, 0.4) is 0 Å². The van der Waals surface area contributed by atoms with Gasteiger partial charge in [-0.1, -0.05) is 25.5 Å². The third-order valence-corrected chi connectivity index (χ3v) is 7.03. The van der Waals surface area contributed by atoms with Gasteiger partial charge in [-0.25, -0.2) is 8.42 Å². The lowest BCUT2D eigenvalue weighted by molar-refractivity contribution is 0.306. The third kappa shape index (κ3) is 7.39. The molecule has 1 aromatic carbocycles. The molecular formula is C20H33N3O2S2. The van der Waals surface area contributed by atoms with Crippen molar-refractivity contribution in [2.75, 3.05) is 44.0 Å². The Labute approximate surface area is 170 Å². The Kier molecular flexibility index (Phi) is 8.51. The third-order valence-electron chi connectivity index (χ3n) is 4.94. The molecule has 0 aromatic heterocycles. The van der Waals surface area contributed by atoms with Crippen LogP contribution in [0.2, 0.25) is 0 Å². The summed E-state index contributed by atoms with van der Waals surface area (Å²) in [6.45, 7) is 3.91. The van der Waals surface area contributed by atoms with Gasteiger partial charge in [0, 0.05) is 18.3 Å². The van der Waals surface area contributed by atoms with E-state index in [9.17, 15) is 8.42 Å². The van der Waals surface area contributed by atoms with E-state index in [1.54, 1.807) is 0 Å². The molecule has 27 heavy (non-hydrogen) atoms. The summed E-state index contributed by atoms with van der Waals surface area (Å²) in [5, 5.41) is 3.94. The highest BCUT2D eigenvalue weighted by Gasteiger charge is 2.33. The van der Waals surface area contributed by atoms with Gasteiger partial charge in [0.25, 0.3) is 0 Å². The number of unbranched alkanes of at least 4 members (excludes halogenated alkanes) is 1. The molecule has 0 unspecified atom stereocenters. The maximum atomic E-state index is 11.9. The zero-order valence-corrected chi connectivity index (χ0v) is 18.4. The zero-order valence-electron chi connectivity index (χ0n) is 16.8. The fraction of sp³-hybridized carbons (Fsp3) is 0.650. The van der Waals surface area contributed by atoms with Gasteiger partial charge in [-0.2, -0.15) is 0 Å². The van der Waals surface area contributed by atoms with Crippen LogP contribution < -0.4 is 5.32 Å². The van der Waals surface area contributed by atoms with Crippen LogP contribution in [0, 0.1) is 0 Å². The molecule has 152 valence electrons. The molecule has 1 heterocycles. The van der Waals surface area contributed by atoms with Gasteiger partial charge in [0.1, 0.15) is 0 Å². The van der Waals surface area contributed by atoms with E-state index in [0.717, 1.165) is 31.6 Å². The summed E-state index contributed by atoms with van der Waals surface area (Å²) in [6.07, 6.45) is 5.08. The van der Waals surface area contributed by atoms with E-state index in [2.05, 4.69) is 46.3 Å². The summed E-state index contributed by atoms with van der Waals surface area (Å²) in [5.74, 6) is 0.462. The van der Waals surface area contributed by atoms with Crippen LogP contribution >= 0.6 is 12.2 Å². The molecule has 1 aliphatic rings. The summed E-state index contributed by atoms with van der Waals surface area (Å²) >= 11 is 5.66. The number of hydrogen-bond donors (Lipinski definition) is 1. The molecule has 5 nitrogen and oxygen atoms in total. The van der Waals surface area contributed by atoms with Crippen LogP contribution in [0.1, 0.15) is 38.2 Å². The van der Waals surface area contributed by atoms with E-state index in [1.807, 2.05) is 14.1 Å². The largest absolute Gasteiger partial charge is 0.345 e. The van der Waals surface area contributed by atoms with Gasteiger partial charge >= 0.3 is 0 Å². The molecule has 1 saturated heterocycles. The molecule has 0 aliphatic carbocycles. The smallest absolute Gasteiger partial charge is 0.173 e. The standard InChI is InChI=1S/C20H33N3O2S2/c1-4-5-7-17-8-10-18(11-9-17)21-20(26)23(14-6-13-22(2)3)19-12-15-27(24,25)16-19/h8-11,19H,4-7,12-16H2,1-3H3,(H,21,26)/t19-/m1/s1. The Morgan fingerprint density at radius 3 is 2.44 bits per heavy atom. The van der Waals surface area contributed by atoms with Crippen molar-refractivity contribution >= 4 is 32.9 Å². The molecule has 1 aromatic rings. The molecule has 0 radical (unpaired) electrons. The molecule has 0 bridgehead atoms. The summed E-state index contributed by atoms with van der Waals surface area (Å²) in [5.41, 5.74) is 2.29. The Morgan fingerprint density at radius 1 is 1.19 bits per heavy atom. The number of nitrogens with zero attached hydrogens (tertiary/aromatic N) is 2. The van der Waals surface area contributed by atoms with Gasteiger partial charge < -0.3 is 15.1 Å². The first kappa shape index (κ1) is 22.1. The van der Waals surface area contributed by atoms with Gasteiger partial charge in [-0.15, -0.1) is 0 Å². The van der Waals surface area contributed by atoms with Crippen LogP contribution in [0.5, 0.6) is 0 Å². The van der Waals surface area contributed by atoms with Crippen molar-refractivity contribution in [1.29, 1.82) is 0 Å². The van der Waals surface area contributed by atoms with Crippen molar-refractivity contribution < 1.29 is 8.42 Å². The number of nitrogens with one attached hydrogen (secondary N) is 1. The Hall–Kier alpha value is -1.18. The molecule has 0 amide bonds. The van der Waals surface area contributed by atoms with Crippen molar-refractivity contribution in [2.45, 2.75) is 45.1 Å². The minimum Gasteiger partial charge on any atom is -0.345 e. The van der Waals surface area contributed by atoms with Crippen molar-refractivity contribution in [1.82, 2.24) is 9.80 Å². The average Bonchev–Trinajstić information content (AvgIpc) is 2.97. The molecule has 1 fully saturated rings. The number of rotatable bonds is 9. The van der Waals surface area contributed by atoms with Crippen molar-refractivity contribution in [3.05, 3.63) is 29.8 Å². The molecule has 0 saturated carbocycles. The summed E-state index contributed by atoms with van der Waals surface area (Å²) in [4.78, 5) is 4.21. The van der Waals surface area contributed by atoms with E-state index < -0.39 is 9.84 Å². The Morgan fingerprint density at radius 2 is 1.89 bits per heavy atom. The van der Waals surface area contributed by atoms with E-state index in [0.29, 0.717) is 11.5 Å². The molecule has 1 N–H and O–H groups in total. The topological polar surface area (TPSA) is 52.6 Å². The number of aryl methyl sites for hydroxylation is 1. The number of anilines is 1. The maximum absolute atomic E-state index is 11.9. The lowest BCUT2D eigenvalue weighted by atomic mass is 10.1. The van der Waals surface area contributed by atoms with Crippen LogP contribution in [0.25, 0.3) is 0 Å². The van der Waals surface area contributed by atoms with Gasteiger partial charge in [-0.3, -0.25) is 0 Å². The normalized spacial score (nSPS) is 18.6. The summed E-state index contributed by atoms with van der Waals surface area (Å²) in [6, 6.07) is 8.36. The van der Waals surface area contributed by atoms with Crippen LogP contribution in [-0.4, -0.2) is 68.1 Å². The fourth-order valence-electron chi connectivity index (χ4n) is 3.36. The van der Waals surface area contributed by atoms with Crippen LogP contribution in [0.4, 0.5) is 5.69 Å². The first-order chi connectivity index (χ1) is 12.8. The van der Waals surface area contributed by atoms with Gasteiger partial charge in [0.05, 0.1) is 11.5 Å². The van der Waals surface area contributed by atoms with E-state index >= 15 is 0 Å². The van der Waals surface area contributed by atoms with Crippen molar-refractivity contribution in [2.24, 2.45) is 0 Å². The van der Waals surface area contributed by atoms with Crippen molar-refractivity contribution in [3.63, 3.8) is 0 Å². The monoisotopic (exact) mass is 411 g/mol. The number of sulfone groups is 1. The SMILES string of the molecule is CCCCc1ccc(NC(=S)N(CCCN(C)C)[C@@H]2CCS(=O)(=O)C2)cc1. The highest BCUT2D eigenvalue weighted by Crippen LogP contribution is 2.20. The van der Waals surface area contributed by atoms with Gasteiger partial charge in [0.2, 0.25) is 0 Å². The Balaban J connectivity index is 2.01. The lowest BCUT2D eigenvalue weighted by Crippen LogP contribution is -2.44. The van der Waals surface area contributed by atoms with Crippen molar-refractivity contribution in [3.8, 4) is 0 Å². The summed E-state index contributed by atoms with van der Waals surface area (Å²) in [7, 11) is 1.14. The molecule has 1 atom stereocenters. The quantitative estimate of drug-likeness (QED) is 0.630.